The lowest BCUT2D eigenvalue weighted by Crippen LogP contribution is -2.34. The third-order valence-corrected chi connectivity index (χ3v) is 3.91. The van der Waals surface area contributed by atoms with E-state index in [9.17, 15) is 19.7 Å². The first-order valence-electron chi connectivity index (χ1n) is 5.94. The topological polar surface area (TPSA) is 113 Å². The zero-order valence-electron chi connectivity index (χ0n) is 10.9. The lowest BCUT2D eigenvalue weighted by atomic mass is 10.2. The number of β-amino-alcohol motifs (C(OH)–C–C–N with tert-alkyl or cyclic N) is 1. The molecule has 22 heavy (non-hydrogen) atoms. The van der Waals surface area contributed by atoms with Crippen molar-refractivity contribution in [3.63, 3.8) is 0 Å². The van der Waals surface area contributed by atoms with Gasteiger partial charge in [-0.15, -0.1) is 0 Å². The van der Waals surface area contributed by atoms with Gasteiger partial charge in [-0.3, -0.25) is 24.6 Å². The summed E-state index contributed by atoms with van der Waals surface area (Å²) in [6.07, 6.45) is 1.04. The van der Waals surface area contributed by atoms with E-state index in [0.29, 0.717) is 8.95 Å². The number of carbonyl (C=O) groups is 2. The van der Waals surface area contributed by atoms with Gasteiger partial charge in [0.15, 0.2) is 0 Å². The first-order chi connectivity index (χ1) is 10.3. The Morgan fingerprint density at radius 1 is 1.32 bits per heavy atom. The number of hydrogen-bond donors (Lipinski definition) is 2. The van der Waals surface area contributed by atoms with Crippen molar-refractivity contribution in [1.82, 2.24) is 4.90 Å². The van der Waals surface area contributed by atoms with Gasteiger partial charge < -0.3 is 10.4 Å². The number of nitrogens with zero attached hydrogens (tertiary/aromatic N) is 2. The molecule has 2 rings (SSSR count). The number of nitrogens with one attached hydrogen (secondary N) is 1. The lowest BCUT2D eigenvalue weighted by Gasteiger charge is -2.14. The van der Waals surface area contributed by atoms with Crippen LogP contribution in [0.25, 0.3) is 0 Å². The Morgan fingerprint density at radius 3 is 2.59 bits per heavy atom. The Kier molecular flexibility index (Phi) is 4.94. The summed E-state index contributed by atoms with van der Waals surface area (Å²) in [4.78, 5) is 35.1. The highest BCUT2D eigenvalue weighted by Gasteiger charge is 2.32. The molecule has 1 aliphatic heterocycles. The Hall–Kier alpha value is -1.78. The monoisotopic (exact) mass is 433 g/mol. The fourth-order valence-electron chi connectivity index (χ4n) is 1.87. The molecule has 1 aromatic rings. The molecule has 0 radical (unpaired) electrons. The molecule has 0 fully saturated rings. The second-order valence-electron chi connectivity index (χ2n) is 4.24. The largest absolute Gasteiger partial charge is 0.395 e. The maximum absolute atomic E-state index is 12.0. The molecular weight excluding hydrogens is 426 g/mol. The fourth-order valence-corrected chi connectivity index (χ4v) is 3.17. The van der Waals surface area contributed by atoms with Crippen LogP contribution in [0.3, 0.4) is 0 Å². The number of imide groups is 1. The van der Waals surface area contributed by atoms with E-state index >= 15 is 0 Å². The summed E-state index contributed by atoms with van der Waals surface area (Å²) >= 11 is 6.33. The van der Waals surface area contributed by atoms with E-state index in [0.717, 1.165) is 11.0 Å². The molecule has 0 atom stereocenters. The average molecular weight is 435 g/mol. The number of rotatable bonds is 5. The van der Waals surface area contributed by atoms with E-state index in [4.69, 9.17) is 5.11 Å². The molecule has 0 spiro atoms. The molecule has 1 aromatic carbocycles. The van der Waals surface area contributed by atoms with Gasteiger partial charge in [0.05, 0.1) is 18.1 Å². The normalized spacial score (nSPS) is 14.3. The van der Waals surface area contributed by atoms with Crippen LogP contribution in [0.15, 0.2) is 32.9 Å². The van der Waals surface area contributed by atoms with Gasteiger partial charge in [0.25, 0.3) is 17.5 Å². The van der Waals surface area contributed by atoms with Crippen LogP contribution in [-0.4, -0.2) is 39.9 Å². The van der Waals surface area contributed by atoms with Gasteiger partial charge in [-0.25, -0.2) is 0 Å². The number of halogens is 2. The summed E-state index contributed by atoms with van der Waals surface area (Å²) < 4.78 is 0.844. The molecule has 116 valence electrons. The fraction of sp³-hybridized carbons (Fsp3) is 0.167. The van der Waals surface area contributed by atoms with Crippen LogP contribution in [0, 0.1) is 10.1 Å². The van der Waals surface area contributed by atoms with Gasteiger partial charge in [0.2, 0.25) is 0 Å². The first-order valence-corrected chi connectivity index (χ1v) is 7.52. The number of benzene rings is 1. The van der Waals surface area contributed by atoms with Crippen LogP contribution in [-0.2, 0) is 9.59 Å². The summed E-state index contributed by atoms with van der Waals surface area (Å²) in [5.41, 5.74) is -0.293. The number of amides is 2. The van der Waals surface area contributed by atoms with Crippen LogP contribution >= 0.6 is 31.9 Å². The molecule has 0 unspecified atom stereocenters. The number of hydrogen-bond acceptors (Lipinski definition) is 6. The minimum Gasteiger partial charge on any atom is -0.395 e. The van der Waals surface area contributed by atoms with Crippen LogP contribution < -0.4 is 5.32 Å². The number of aliphatic hydroxyl groups excluding tert-OH is 1. The van der Waals surface area contributed by atoms with Crippen LogP contribution in [0.1, 0.15) is 0 Å². The predicted molar refractivity (Wildman–Crippen MR) is 84.0 cm³/mol. The van der Waals surface area contributed by atoms with E-state index in [1.165, 1.54) is 6.07 Å². The summed E-state index contributed by atoms with van der Waals surface area (Å²) in [5, 5.41) is 22.6. The minimum absolute atomic E-state index is 0.0615. The van der Waals surface area contributed by atoms with Crippen molar-refractivity contribution in [2.75, 3.05) is 18.5 Å². The Balaban J connectivity index is 2.36. The quantitative estimate of drug-likeness (QED) is 0.415. The summed E-state index contributed by atoms with van der Waals surface area (Å²) in [5.74, 6) is -1.24. The summed E-state index contributed by atoms with van der Waals surface area (Å²) in [6, 6.07) is 2.85. The van der Waals surface area contributed by atoms with Crippen molar-refractivity contribution in [2.45, 2.75) is 0 Å². The molecule has 0 bridgehead atoms. The zero-order chi connectivity index (χ0) is 16.4. The van der Waals surface area contributed by atoms with Gasteiger partial charge in [-0.2, -0.15) is 0 Å². The summed E-state index contributed by atoms with van der Waals surface area (Å²) in [7, 11) is 0. The maximum atomic E-state index is 12.0. The molecule has 0 aliphatic carbocycles. The van der Waals surface area contributed by atoms with Crippen LogP contribution in [0.2, 0.25) is 0 Å². The smallest absolute Gasteiger partial charge is 0.294 e. The van der Waals surface area contributed by atoms with E-state index in [1.807, 2.05) is 0 Å². The second kappa shape index (κ2) is 6.55. The Labute approximate surface area is 141 Å². The number of aliphatic hydroxyl groups is 1. The van der Waals surface area contributed by atoms with E-state index in [2.05, 4.69) is 37.2 Å². The number of carbonyl (C=O) groups excluding carboxylic acids is 2. The summed E-state index contributed by atoms with van der Waals surface area (Å²) in [6.45, 7) is -0.496. The molecule has 2 N–H and O–H groups in total. The van der Waals surface area contributed by atoms with Crippen molar-refractivity contribution in [3.8, 4) is 0 Å². The molecule has 0 saturated heterocycles. The van der Waals surface area contributed by atoms with Crippen LogP contribution in [0.5, 0.6) is 0 Å². The molecule has 10 heteroatoms. The first kappa shape index (κ1) is 16.6. The molecule has 1 heterocycles. The zero-order valence-corrected chi connectivity index (χ0v) is 14.0. The van der Waals surface area contributed by atoms with Crippen molar-refractivity contribution < 1.29 is 19.6 Å². The third-order valence-electron chi connectivity index (χ3n) is 2.82. The Bertz CT molecular complexity index is 704. The van der Waals surface area contributed by atoms with E-state index in [1.54, 1.807) is 6.07 Å². The average Bonchev–Trinajstić information content (AvgIpc) is 2.69. The third kappa shape index (κ3) is 3.18. The van der Waals surface area contributed by atoms with Gasteiger partial charge in [-0.1, -0.05) is 15.9 Å². The van der Waals surface area contributed by atoms with Gasteiger partial charge >= 0.3 is 0 Å². The van der Waals surface area contributed by atoms with E-state index < -0.39 is 16.7 Å². The Morgan fingerprint density at radius 2 is 2.00 bits per heavy atom. The minimum atomic E-state index is -0.650. The van der Waals surface area contributed by atoms with Crippen molar-refractivity contribution >= 4 is 55.0 Å². The molecule has 0 saturated carbocycles. The van der Waals surface area contributed by atoms with Gasteiger partial charge in [-0.05, 0) is 22.0 Å². The number of nitro groups is 1. The maximum Gasteiger partial charge on any atom is 0.294 e. The molecular formula is C12H9Br2N3O5. The highest BCUT2D eigenvalue weighted by atomic mass is 79.9. The highest BCUT2D eigenvalue weighted by Crippen LogP contribution is 2.37. The molecule has 0 aromatic heterocycles. The SMILES string of the molecule is O=C1C=C(Nc2c(Br)cc(Br)cc2[N+](=O)[O-])C(=O)N1CCO. The van der Waals surface area contributed by atoms with E-state index in [-0.39, 0.29) is 30.2 Å². The molecule has 1 aliphatic rings. The van der Waals surface area contributed by atoms with Crippen molar-refractivity contribution in [1.29, 1.82) is 0 Å². The number of nitro benzene ring substituents is 1. The second-order valence-corrected chi connectivity index (χ2v) is 6.01. The molecule has 8 nitrogen and oxygen atoms in total. The van der Waals surface area contributed by atoms with Gasteiger partial charge in [0, 0.05) is 21.1 Å². The van der Waals surface area contributed by atoms with Crippen molar-refractivity contribution in [3.05, 3.63) is 43.0 Å². The lowest BCUT2D eigenvalue weighted by molar-refractivity contribution is -0.384. The predicted octanol–water partition coefficient (Wildman–Crippen LogP) is 1.78. The highest BCUT2D eigenvalue weighted by molar-refractivity contribution is 9.11. The van der Waals surface area contributed by atoms with Gasteiger partial charge in [0.1, 0.15) is 11.4 Å². The number of anilines is 1. The van der Waals surface area contributed by atoms with Crippen molar-refractivity contribution in [2.24, 2.45) is 0 Å². The molecule has 2 amide bonds. The standard InChI is InChI=1S/C12H9Br2N3O5/c13-6-3-7(14)11(9(4-6)17(21)22)15-8-5-10(19)16(1-2-18)12(8)20/h3-5,15,18H,1-2H2. The van der Waals surface area contributed by atoms with Crippen LogP contribution in [0.4, 0.5) is 11.4 Å².